The Kier molecular flexibility index (Phi) is 8.90. The van der Waals surface area contributed by atoms with Crippen molar-refractivity contribution in [3.63, 3.8) is 0 Å². The summed E-state index contributed by atoms with van der Waals surface area (Å²) in [6.45, 7) is 10.2. The van der Waals surface area contributed by atoms with Gasteiger partial charge < -0.3 is 18.6 Å². The van der Waals surface area contributed by atoms with Gasteiger partial charge in [-0.15, -0.1) is 0 Å². The molecule has 0 fully saturated rings. The molecule has 3 rings (SSSR count). The minimum atomic E-state index is -0.803. The molecule has 0 saturated carbocycles. The molecule has 0 atom stereocenters. The average molecular weight is 477 g/mol. The second-order valence-electron chi connectivity index (χ2n) is 8.81. The zero-order valence-corrected chi connectivity index (χ0v) is 20.9. The largest absolute Gasteiger partial charge is 0.491 e. The summed E-state index contributed by atoms with van der Waals surface area (Å²) >= 11 is 0. The Morgan fingerprint density at radius 3 is 2.43 bits per heavy atom. The molecule has 6 nitrogen and oxygen atoms in total. The van der Waals surface area contributed by atoms with Gasteiger partial charge in [-0.05, 0) is 77.8 Å². The highest BCUT2D eigenvalue weighted by molar-refractivity contribution is 5.93. The van der Waals surface area contributed by atoms with Crippen molar-refractivity contribution >= 4 is 16.9 Å². The molecule has 184 valence electrons. The molecule has 0 saturated heterocycles. The lowest BCUT2D eigenvalue weighted by atomic mass is 10.1. The minimum Gasteiger partial charge on any atom is -0.491 e. The Bertz CT molecular complexity index is 1280. The number of esters is 1. The summed E-state index contributed by atoms with van der Waals surface area (Å²) in [4.78, 5) is 25.6. The predicted molar refractivity (Wildman–Crippen MR) is 138 cm³/mol. The van der Waals surface area contributed by atoms with E-state index >= 15 is 0 Å². The van der Waals surface area contributed by atoms with Crippen LogP contribution in [0, 0.1) is 0 Å². The standard InChI is InChI=1S/C29H32O6/c1-19(2)10-9-11-21(5)16-17-32-26-24-15-14-23(33-20(3)4)18-25(24)34-29(31)27(26)35-28(30)22-12-7-6-8-13-22/h6-8,10,12-16,18,20H,9,11,17H2,1-5H3/b21-16+. The summed E-state index contributed by atoms with van der Waals surface area (Å²) < 4.78 is 22.7. The Morgan fingerprint density at radius 1 is 1.00 bits per heavy atom. The van der Waals surface area contributed by atoms with Crippen LogP contribution in [0.1, 0.15) is 57.8 Å². The normalized spacial score (nSPS) is 11.4. The Balaban J connectivity index is 1.95. The highest BCUT2D eigenvalue weighted by Crippen LogP contribution is 2.35. The van der Waals surface area contributed by atoms with Crippen molar-refractivity contribution in [1.29, 1.82) is 0 Å². The molecule has 0 N–H and O–H groups in total. The highest BCUT2D eigenvalue weighted by atomic mass is 16.6. The lowest BCUT2D eigenvalue weighted by molar-refractivity contribution is 0.0722. The van der Waals surface area contributed by atoms with E-state index in [1.165, 1.54) is 5.57 Å². The summed E-state index contributed by atoms with van der Waals surface area (Å²) in [7, 11) is 0. The number of rotatable bonds is 10. The van der Waals surface area contributed by atoms with Gasteiger partial charge in [0.05, 0.1) is 17.1 Å². The van der Waals surface area contributed by atoms with E-state index in [0.717, 1.165) is 18.4 Å². The molecule has 0 amide bonds. The summed E-state index contributed by atoms with van der Waals surface area (Å²) in [5.41, 5.74) is 2.23. The first-order chi connectivity index (χ1) is 16.7. The van der Waals surface area contributed by atoms with Gasteiger partial charge in [-0.2, -0.15) is 0 Å². The number of ether oxygens (including phenoxy) is 3. The Hall–Kier alpha value is -3.80. The third-order valence-corrected chi connectivity index (χ3v) is 5.12. The second kappa shape index (κ2) is 12.1. The van der Waals surface area contributed by atoms with Gasteiger partial charge in [-0.1, -0.05) is 35.4 Å². The van der Waals surface area contributed by atoms with Crippen LogP contribution in [0.15, 0.2) is 81.0 Å². The first kappa shape index (κ1) is 25.8. The molecule has 1 aromatic heterocycles. The predicted octanol–water partition coefficient (Wildman–Crippen LogP) is 6.87. The van der Waals surface area contributed by atoms with Crippen LogP contribution < -0.4 is 19.8 Å². The lowest BCUT2D eigenvalue weighted by Crippen LogP contribution is -2.16. The topological polar surface area (TPSA) is 75.0 Å². The SMILES string of the molecule is CC(C)=CCC/C(C)=C/COc1c(OC(=O)c2ccccc2)c(=O)oc2cc(OC(C)C)ccc12. The number of fused-ring (bicyclic) bond motifs is 1. The Morgan fingerprint density at radius 2 is 1.74 bits per heavy atom. The van der Waals surface area contributed by atoms with E-state index in [2.05, 4.69) is 19.9 Å². The van der Waals surface area contributed by atoms with E-state index in [0.29, 0.717) is 16.7 Å². The molecule has 3 aromatic rings. The second-order valence-corrected chi connectivity index (χ2v) is 8.81. The van der Waals surface area contributed by atoms with Crippen LogP contribution in [-0.2, 0) is 0 Å². The molecular weight excluding hydrogens is 444 g/mol. The molecule has 0 aliphatic heterocycles. The van der Waals surface area contributed by atoms with Crippen LogP contribution in [0.2, 0.25) is 0 Å². The fourth-order valence-corrected chi connectivity index (χ4v) is 3.40. The van der Waals surface area contributed by atoms with Crippen molar-refractivity contribution in [2.24, 2.45) is 0 Å². The maximum atomic E-state index is 12.9. The van der Waals surface area contributed by atoms with Gasteiger partial charge >= 0.3 is 11.6 Å². The van der Waals surface area contributed by atoms with Crippen molar-refractivity contribution in [2.75, 3.05) is 6.61 Å². The van der Waals surface area contributed by atoms with E-state index in [9.17, 15) is 9.59 Å². The number of allylic oxidation sites excluding steroid dienone is 3. The minimum absolute atomic E-state index is 0.0413. The maximum Gasteiger partial charge on any atom is 0.383 e. The maximum absolute atomic E-state index is 12.9. The fourth-order valence-electron chi connectivity index (χ4n) is 3.40. The summed E-state index contributed by atoms with van der Waals surface area (Å²) in [5.74, 6) is -0.231. The first-order valence-corrected chi connectivity index (χ1v) is 11.7. The van der Waals surface area contributed by atoms with E-state index in [-0.39, 0.29) is 29.8 Å². The van der Waals surface area contributed by atoms with E-state index in [4.69, 9.17) is 18.6 Å². The van der Waals surface area contributed by atoms with Gasteiger partial charge in [0.15, 0.2) is 5.75 Å². The molecule has 0 bridgehead atoms. The molecular formula is C29H32O6. The summed E-state index contributed by atoms with van der Waals surface area (Å²) in [5, 5.41) is 0.507. The van der Waals surface area contributed by atoms with Crippen molar-refractivity contribution in [2.45, 2.75) is 53.6 Å². The molecule has 2 aromatic carbocycles. The van der Waals surface area contributed by atoms with Crippen LogP contribution in [-0.4, -0.2) is 18.7 Å². The average Bonchev–Trinajstić information content (AvgIpc) is 2.80. The van der Waals surface area contributed by atoms with Gasteiger partial charge in [0.25, 0.3) is 5.75 Å². The number of hydrogen-bond donors (Lipinski definition) is 0. The monoisotopic (exact) mass is 476 g/mol. The zero-order valence-electron chi connectivity index (χ0n) is 20.9. The third-order valence-electron chi connectivity index (χ3n) is 5.12. The summed E-state index contributed by atoms with van der Waals surface area (Å²) in [6, 6.07) is 13.6. The van der Waals surface area contributed by atoms with Gasteiger partial charge in [0.1, 0.15) is 17.9 Å². The molecule has 0 aliphatic carbocycles. The van der Waals surface area contributed by atoms with E-state index < -0.39 is 11.6 Å². The number of benzene rings is 2. The van der Waals surface area contributed by atoms with Gasteiger partial charge in [-0.3, -0.25) is 0 Å². The van der Waals surface area contributed by atoms with Crippen LogP contribution in [0.4, 0.5) is 0 Å². The van der Waals surface area contributed by atoms with E-state index in [1.807, 2.05) is 26.8 Å². The lowest BCUT2D eigenvalue weighted by Gasteiger charge is -2.14. The highest BCUT2D eigenvalue weighted by Gasteiger charge is 2.22. The number of hydrogen-bond acceptors (Lipinski definition) is 6. The zero-order chi connectivity index (χ0) is 25.4. The van der Waals surface area contributed by atoms with Crippen LogP contribution in [0.25, 0.3) is 11.0 Å². The Labute approximate surface area is 205 Å². The molecule has 0 radical (unpaired) electrons. The van der Waals surface area contributed by atoms with Crippen LogP contribution in [0.5, 0.6) is 17.2 Å². The van der Waals surface area contributed by atoms with Gasteiger partial charge in [0, 0.05) is 6.07 Å². The van der Waals surface area contributed by atoms with E-state index in [1.54, 1.807) is 48.5 Å². The smallest absolute Gasteiger partial charge is 0.383 e. The fraction of sp³-hybridized carbons (Fsp3) is 0.310. The molecule has 0 unspecified atom stereocenters. The number of carbonyl (C=O) groups is 1. The first-order valence-electron chi connectivity index (χ1n) is 11.7. The quantitative estimate of drug-likeness (QED) is 0.181. The molecule has 0 aliphatic rings. The third kappa shape index (κ3) is 7.34. The van der Waals surface area contributed by atoms with Crippen molar-refractivity contribution in [3.8, 4) is 17.2 Å². The molecule has 6 heteroatoms. The van der Waals surface area contributed by atoms with Crippen molar-refractivity contribution < 1.29 is 23.4 Å². The van der Waals surface area contributed by atoms with Crippen LogP contribution in [0.3, 0.4) is 0 Å². The van der Waals surface area contributed by atoms with Gasteiger partial charge in [-0.25, -0.2) is 9.59 Å². The van der Waals surface area contributed by atoms with Crippen molar-refractivity contribution in [3.05, 3.63) is 87.8 Å². The molecule has 35 heavy (non-hydrogen) atoms. The summed E-state index contributed by atoms with van der Waals surface area (Å²) in [6.07, 6.45) is 5.95. The number of carbonyl (C=O) groups excluding carboxylic acids is 1. The van der Waals surface area contributed by atoms with Gasteiger partial charge in [0.2, 0.25) is 0 Å². The van der Waals surface area contributed by atoms with Crippen molar-refractivity contribution in [1.82, 2.24) is 0 Å². The van der Waals surface area contributed by atoms with Crippen LogP contribution >= 0.6 is 0 Å². The molecule has 1 heterocycles. The molecule has 0 spiro atoms.